The highest BCUT2D eigenvalue weighted by molar-refractivity contribution is 5.84. The summed E-state index contributed by atoms with van der Waals surface area (Å²) in [5.74, 6) is -2.75. The first-order valence-corrected chi connectivity index (χ1v) is 5.89. The van der Waals surface area contributed by atoms with E-state index in [1.807, 2.05) is 6.92 Å². The van der Waals surface area contributed by atoms with Crippen LogP contribution in [0, 0.1) is 0 Å². The van der Waals surface area contributed by atoms with Crippen molar-refractivity contribution in [2.45, 2.75) is 51.1 Å². The van der Waals surface area contributed by atoms with E-state index in [0.717, 1.165) is 6.42 Å². The number of hydrogen-bond acceptors (Lipinski definition) is 4. The van der Waals surface area contributed by atoms with Crippen molar-refractivity contribution in [3.8, 4) is 0 Å². The summed E-state index contributed by atoms with van der Waals surface area (Å²) in [5, 5.41) is 19.8. The van der Waals surface area contributed by atoms with Gasteiger partial charge in [0.2, 0.25) is 5.91 Å². The van der Waals surface area contributed by atoms with Crippen molar-refractivity contribution in [2.75, 3.05) is 0 Å². The minimum absolute atomic E-state index is 0.0126. The topological polar surface area (TPSA) is 130 Å². The molecule has 0 aromatic rings. The summed E-state index contributed by atoms with van der Waals surface area (Å²) in [4.78, 5) is 32.7. The van der Waals surface area contributed by atoms with Crippen LogP contribution in [0.15, 0.2) is 0 Å². The molecule has 104 valence electrons. The molecule has 0 heterocycles. The van der Waals surface area contributed by atoms with Crippen LogP contribution in [0.3, 0.4) is 0 Å². The first kappa shape index (κ1) is 16.4. The Kier molecular flexibility index (Phi) is 7.69. The third-order valence-corrected chi connectivity index (χ3v) is 2.48. The van der Waals surface area contributed by atoms with E-state index >= 15 is 0 Å². The van der Waals surface area contributed by atoms with E-state index in [1.165, 1.54) is 0 Å². The third kappa shape index (κ3) is 6.85. The zero-order valence-corrected chi connectivity index (χ0v) is 10.4. The van der Waals surface area contributed by atoms with Gasteiger partial charge in [0, 0.05) is 6.42 Å². The van der Waals surface area contributed by atoms with Gasteiger partial charge in [-0.05, 0) is 12.8 Å². The van der Waals surface area contributed by atoms with Gasteiger partial charge in [-0.25, -0.2) is 4.79 Å². The molecule has 0 unspecified atom stereocenters. The molecule has 7 heteroatoms. The van der Waals surface area contributed by atoms with Crippen molar-refractivity contribution >= 4 is 17.8 Å². The van der Waals surface area contributed by atoms with Gasteiger partial charge in [-0.1, -0.05) is 19.8 Å². The number of amides is 1. The van der Waals surface area contributed by atoms with Crippen molar-refractivity contribution in [2.24, 2.45) is 5.73 Å². The van der Waals surface area contributed by atoms with Crippen LogP contribution in [-0.4, -0.2) is 40.1 Å². The molecule has 0 rings (SSSR count). The highest BCUT2D eigenvalue weighted by Gasteiger charge is 2.20. The lowest BCUT2D eigenvalue weighted by Gasteiger charge is -2.14. The molecular formula is C11H20N2O5. The van der Waals surface area contributed by atoms with Crippen LogP contribution in [-0.2, 0) is 14.4 Å². The van der Waals surface area contributed by atoms with Crippen LogP contribution in [0.5, 0.6) is 0 Å². The second-order valence-corrected chi connectivity index (χ2v) is 4.08. The van der Waals surface area contributed by atoms with Crippen molar-refractivity contribution in [3.63, 3.8) is 0 Å². The summed E-state index contributed by atoms with van der Waals surface area (Å²) in [7, 11) is 0. The van der Waals surface area contributed by atoms with E-state index < -0.39 is 29.9 Å². The number of hydrogen-bond donors (Lipinski definition) is 4. The van der Waals surface area contributed by atoms with Gasteiger partial charge >= 0.3 is 11.9 Å². The van der Waals surface area contributed by atoms with Gasteiger partial charge in [0.05, 0.1) is 0 Å². The molecule has 0 aliphatic rings. The number of carboxylic acid groups (broad SMARTS) is 2. The smallest absolute Gasteiger partial charge is 0.326 e. The molecule has 0 saturated heterocycles. The number of unbranched alkanes of at least 4 members (excludes halogenated alkanes) is 1. The molecule has 7 nitrogen and oxygen atoms in total. The average Bonchev–Trinajstić information content (AvgIpc) is 2.30. The van der Waals surface area contributed by atoms with Crippen LogP contribution in [0.1, 0.15) is 39.0 Å². The second kappa shape index (κ2) is 8.46. The number of carbonyl (C=O) groups excluding carboxylic acids is 1. The number of rotatable bonds is 9. The van der Waals surface area contributed by atoms with Gasteiger partial charge < -0.3 is 21.3 Å². The van der Waals surface area contributed by atoms with Crippen molar-refractivity contribution in [3.05, 3.63) is 0 Å². The number of carbonyl (C=O) groups is 3. The Morgan fingerprint density at radius 3 is 2.22 bits per heavy atom. The van der Waals surface area contributed by atoms with Crippen molar-refractivity contribution in [1.82, 2.24) is 5.32 Å². The minimum Gasteiger partial charge on any atom is -0.480 e. The van der Waals surface area contributed by atoms with Gasteiger partial charge in [-0.3, -0.25) is 9.59 Å². The predicted octanol–water partition coefficient (Wildman–Crippen LogP) is -0.0619. The second-order valence-electron chi connectivity index (χ2n) is 4.08. The molecule has 5 N–H and O–H groups in total. The molecule has 0 aliphatic carbocycles. The molecule has 0 saturated carbocycles. The molecule has 1 amide bonds. The molecule has 2 atom stereocenters. The maximum atomic E-state index is 11.4. The van der Waals surface area contributed by atoms with E-state index in [4.69, 9.17) is 15.9 Å². The van der Waals surface area contributed by atoms with Gasteiger partial charge in [-0.15, -0.1) is 0 Å². The Bertz CT molecular complexity index is 306. The lowest BCUT2D eigenvalue weighted by Crippen LogP contribution is -2.41. The third-order valence-electron chi connectivity index (χ3n) is 2.48. The number of nitrogens with two attached hydrogens (primary N) is 1. The first-order valence-electron chi connectivity index (χ1n) is 5.89. The van der Waals surface area contributed by atoms with Gasteiger partial charge in [0.25, 0.3) is 0 Å². The summed E-state index contributed by atoms with van der Waals surface area (Å²) in [5.41, 5.74) is 5.24. The summed E-state index contributed by atoms with van der Waals surface area (Å²) in [6.45, 7) is 1.92. The van der Waals surface area contributed by atoms with Gasteiger partial charge in [0.1, 0.15) is 12.1 Å². The van der Waals surface area contributed by atoms with Crippen LogP contribution >= 0.6 is 0 Å². The van der Waals surface area contributed by atoms with Gasteiger partial charge in [-0.2, -0.15) is 0 Å². The summed E-state index contributed by atoms with van der Waals surface area (Å²) in [6, 6.07) is -2.02. The maximum Gasteiger partial charge on any atom is 0.326 e. The molecule has 0 spiro atoms. The summed E-state index contributed by atoms with van der Waals surface area (Å²) < 4.78 is 0. The Hall–Kier alpha value is -1.63. The Labute approximate surface area is 105 Å². The average molecular weight is 260 g/mol. The Balaban J connectivity index is 4.09. The SMILES string of the molecule is CCCC[C@H](NC(=O)CC[C@H](N)C(=O)O)C(=O)O. The fourth-order valence-corrected chi connectivity index (χ4v) is 1.34. The number of aliphatic carboxylic acids is 2. The molecule has 0 radical (unpaired) electrons. The standard InChI is InChI=1S/C11H20N2O5/c1-2-3-4-8(11(17)18)13-9(14)6-5-7(12)10(15)16/h7-8H,2-6,12H2,1H3,(H,13,14)(H,15,16)(H,17,18)/t7-,8-/m0/s1. The summed E-state index contributed by atoms with van der Waals surface area (Å²) >= 11 is 0. The molecule has 0 aliphatic heterocycles. The molecule has 0 bridgehead atoms. The highest BCUT2D eigenvalue weighted by atomic mass is 16.4. The van der Waals surface area contributed by atoms with E-state index in [0.29, 0.717) is 12.8 Å². The van der Waals surface area contributed by atoms with Crippen LogP contribution in [0.2, 0.25) is 0 Å². The van der Waals surface area contributed by atoms with Crippen LogP contribution in [0.25, 0.3) is 0 Å². The zero-order valence-electron chi connectivity index (χ0n) is 10.4. The maximum absolute atomic E-state index is 11.4. The van der Waals surface area contributed by atoms with Crippen molar-refractivity contribution in [1.29, 1.82) is 0 Å². The summed E-state index contributed by atoms with van der Waals surface area (Å²) in [6.07, 6.45) is 1.79. The quantitative estimate of drug-likeness (QED) is 0.459. The van der Waals surface area contributed by atoms with Crippen molar-refractivity contribution < 1.29 is 24.6 Å². The minimum atomic E-state index is -1.18. The first-order chi connectivity index (χ1) is 8.38. The normalized spacial score (nSPS) is 13.7. The molecule has 0 aromatic heterocycles. The van der Waals surface area contributed by atoms with E-state index in [2.05, 4.69) is 5.32 Å². The molecule has 0 aromatic carbocycles. The van der Waals surface area contributed by atoms with Crippen LogP contribution in [0.4, 0.5) is 0 Å². The highest BCUT2D eigenvalue weighted by Crippen LogP contribution is 2.02. The predicted molar refractivity (Wildman–Crippen MR) is 63.9 cm³/mol. The Morgan fingerprint density at radius 1 is 1.17 bits per heavy atom. The largest absolute Gasteiger partial charge is 0.480 e. The van der Waals surface area contributed by atoms with E-state index in [-0.39, 0.29) is 12.8 Å². The zero-order chi connectivity index (χ0) is 14.1. The fourth-order valence-electron chi connectivity index (χ4n) is 1.34. The molecule has 0 fully saturated rings. The van der Waals surface area contributed by atoms with E-state index in [9.17, 15) is 14.4 Å². The lowest BCUT2D eigenvalue weighted by molar-refractivity contribution is -0.142. The number of carboxylic acids is 2. The van der Waals surface area contributed by atoms with Crippen LogP contribution < -0.4 is 11.1 Å². The fraction of sp³-hybridized carbons (Fsp3) is 0.727. The lowest BCUT2D eigenvalue weighted by atomic mass is 10.1. The van der Waals surface area contributed by atoms with E-state index in [1.54, 1.807) is 0 Å². The monoisotopic (exact) mass is 260 g/mol. The van der Waals surface area contributed by atoms with Gasteiger partial charge in [0.15, 0.2) is 0 Å². The Morgan fingerprint density at radius 2 is 1.78 bits per heavy atom. The molecule has 18 heavy (non-hydrogen) atoms. The molecular weight excluding hydrogens is 240 g/mol. The number of nitrogens with one attached hydrogen (secondary N) is 1.